The lowest BCUT2D eigenvalue weighted by molar-refractivity contribution is 0.111. The molecular formula is C17H18Cl2N4O. The van der Waals surface area contributed by atoms with Gasteiger partial charge in [-0.3, -0.25) is 0 Å². The van der Waals surface area contributed by atoms with Crippen LogP contribution in [0.4, 0.5) is 4.79 Å². The lowest BCUT2D eigenvalue weighted by Gasteiger charge is -2.42. The SMILES string of the molecule is N#CN1[C@H]2CC[C@@H]1[C@H](NC(=O)N1CCC1c1cccc(Cl)c1Cl)C2. The molecule has 0 saturated carbocycles. The Morgan fingerprint density at radius 2 is 2.12 bits per heavy atom. The summed E-state index contributed by atoms with van der Waals surface area (Å²) in [6.07, 6.45) is 6.05. The maximum Gasteiger partial charge on any atom is 0.318 e. The second-order valence-corrected chi connectivity index (χ2v) is 7.52. The number of benzene rings is 1. The van der Waals surface area contributed by atoms with Crippen molar-refractivity contribution < 1.29 is 4.79 Å². The van der Waals surface area contributed by atoms with Crippen LogP contribution in [0.2, 0.25) is 10.0 Å². The first-order valence-corrected chi connectivity index (χ1v) is 9.05. The Morgan fingerprint density at radius 3 is 2.79 bits per heavy atom. The summed E-state index contributed by atoms with van der Waals surface area (Å²) >= 11 is 12.4. The molecule has 1 N–H and O–H groups in total. The van der Waals surface area contributed by atoms with Crippen LogP contribution in [0.15, 0.2) is 18.2 Å². The van der Waals surface area contributed by atoms with E-state index in [1.807, 2.05) is 17.0 Å². The lowest BCUT2D eigenvalue weighted by Crippen LogP contribution is -2.54. The quantitative estimate of drug-likeness (QED) is 0.816. The van der Waals surface area contributed by atoms with E-state index in [1.54, 1.807) is 11.0 Å². The fourth-order valence-electron chi connectivity index (χ4n) is 4.27. The molecule has 3 heterocycles. The fraction of sp³-hybridized carbons (Fsp3) is 0.529. The molecule has 2 bridgehead atoms. The van der Waals surface area contributed by atoms with Gasteiger partial charge in [-0.25, -0.2) is 4.79 Å². The number of halogens is 2. The summed E-state index contributed by atoms with van der Waals surface area (Å²) in [5.74, 6) is 0. The van der Waals surface area contributed by atoms with Crippen molar-refractivity contribution in [2.24, 2.45) is 0 Å². The molecule has 1 aromatic carbocycles. The minimum atomic E-state index is -0.0715. The molecule has 4 atom stereocenters. The average Bonchev–Trinajstić information content (AvgIpc) is 3.07. The number of carbonyl (C=O) groups is 1. The highest BCUT2D eigenvalue weighted by atomic mass is 35.5. The molecule has 1 unspecified atom stereocenters. The topological polar surface area (TPSA) is 59.4 Å². The molecule has 3 aliphatic rings. The molecule has 0 aliphatic carbocycles. The van der Waals surface area contributed by atoms with Gasteiger partial charge in [-0.05, 0) is 37.3 Å². The summed E-state index contributed by atoms with van der Waals surface area (Å²) < 4.78 is 0. The van der Waals surface area contributed by atoms with Crippen molar-refractivity contribution in [1.82, 2.24) is 15.1 Å². The molecule has 5 nitrogen and oxygen atoms in total. The molecule has 3 fully saturated rings. The first-order chi connectivity index (χ1) is 11.6. The summed E-state index contributed by atoms with van der Waals surface area (Å²) in [4.78, 5) is 16.3. The molecule has 24 heavy (non-hydrogen) atoms. The minimum absolute atomic E-state index is 0.0261. The van der Waals surface area contributed by atoms with Crippen LogP contribution in [0, 0.1) is 11.5 Å². The third-order valence-electron chi connectivity index (χ3n) is 5.58. The highest BCUT2D eigenvalue weighted by Crippen LogP contribution is 2.41. The Hall–Kier alpha value is -1.64. The van der Waals surface area contributed by atoms with Gasteiger partial charge < -0.3 is 15.1 Å². The minimum Gasteiger partial charge on any atom is -0.333 e. The molecule has 0 radical (unpaired) electrons. The first-order valence-electron chi connectivity index (χ1n) is 8.29. The Labute approximate surface area is 151 Å². The number of rotatable bonds is 2. The van der Waals surface area contributed by atoms with Gasteiger partial charge in [-0.15, -0.1) is 0 Å². The van der Waals surface area contributed by atoms with E-state index >= 15 is 0 Å². The van der Waals surface area contributed by atoms with Gasteiger partial charge in [0.05, 0.1) is 28.2 Å². The lowest BCUT2D eigenvalue weighted by atomic mass is 9.94. The number of hydrogen-bond acceptors (Lipinski definition) is 3. The van der Waals surface area contributed by atoms with Gasteiger partial charge in [0.1, 0.15) is 0 Å². The molecular weight excluding hydrogens is 347 g/mol. The predicted molar refractivity (Wildman–Crippen MR) is 91.7 cm³/mol. The maximum absolute atomic E-state index is 12.7. The Kier molecular flexibility index (Phi) is 3.98. The second kappa shape index (κ2) is 6.02. The summed E-state index contributed by atoms with van der Waals surface area (Å²) in [6, 6.07) is 5.94. The Morgan fingerprint density at radius 1 is 1.29 bits per heavy atom. The number of hydrogen-bond donors (Lipinski definition) is 1. The molecule has 0 aromatic heterocycles. The third kappa shape index (κ3) is 2.40. The molecule has 1 aromatic rings. The Balaban J connectivity index is 1.44. The van der Waals surface area contributed by atoms with Crippen LogP contribution < -0.4 is 5.32 Å². The van der Waals surface area contributed by atoms with Gasteiger partial charge in [0.15, 0.2) is 6.19 Å². The van der Waals surface area contributed by atoms with Crippen LogP contribution in [0.5, 0.6) is 0 Å². The van der Waals surface area contributed by atoms with E-state index in [-0.39, 0.29) is 24.2 Å². The van der Waals surface area contributed by atoms with Crippen molar-refractivity contribution in [2.75, 3.05) is 6.54 Å². The van der Waals surface area contributed by atoms with Crippen molar-refractivity contribution in [3.8, 4) is 6.19 Å². The number of fused-ring (bicyclic) bond motifs is 2. The van der Waals surface area contributed by atoms with Gasteiger partial charge in [0.25, 0.3) is 0 Å². The van der Waals surface area contributed by atoms with Crippen LogP contribution in [0.1, 0.15) is 37.3 Å². The highest BCUT2D eigenvalue weighted by molar-refractivity contribution is 6.42. The molecule has 4 rings (SSSR count). The highest BCUT2D eigenvalue weighted by Gasteiger charge is 2.47. The van der Waals surface area contributed by atoms with E-state index in [9.17, 15) is 10.1 Å². The van der Waals surface area contributed by atoms with Crippen LogP contribution in [-0.4, -0.2) is 40.5 Å². The van der Waals surface area contributed by atoms with E-state index in [0.717, 1.165) is 31.2 Å². The predicted octanol–water partition coefficient (Wildman–Crippen LogP) is 3.54. The molecule has 2 amide bonds. The van der Waals surface area contributed by atoms with Gasteiger partial charge in [-0.1, -0.05) is 35.3 Å². The normalized spacial score (nSPS) is 30.9. The molecule has 0 spiro atoms. The zero-order valence-electron chi connectivity index (χ0n) is 13.1. The maximum atomic E-state index is 12.7. The van der Waals surface area contributed by atoms with Crippen LogP contribution >= 0.6 is 23.2 Å². The summed E-state index contributed by atoms with van der Waals surface area (Å²) in [6.45, 7) is 0.710. The number of nitriles is 1. The summed E-state index contributed by atoms with van der Waals surface area (Å²) in [7, 11) is 0. The van der Waals surface area contributed by atoms with Gasteiger partial charge in [0.2, 0.25) is 0 Å². The summed E-state index contributed by atoms with van der Waals surface area (Å²) in [5.41, 5.74) is 0.900. The van der Waals surface area contributed by atoms with Crippen molar-refractivity contribution in [1.29, 1.82) is 5.26 Å². The number of urea groups is 1. The van der Waals surface area contributed by atoms with E-state index in [4.69, 9.17) is 23.2 Å². The molecule has 3 aliphatic heterocycles. The number of nitrogens with zero attached hydrogens (tertiary/aromatic N) is 3. The van der Waals surface area contributed by atoms with E-state index in [0.29, 0.717) is 22.6 Å². The van der Waals surface area contributed by atoms with Crippen LogP contribution in [0.3, 0.4) is 0 Å². The number of carbonyl (C=O) groups excluding carboxylic acids is 1. The van der Waals surface area contributed by atoms with Gasteiger partial charge in [0, 0.05) is 12.6 Å². The molecule has 7 heteroatoms. The summed E-state index contributed by atoms with van der Waals surface area (Å²) in [5, 5.41) is 13.4. The fourth-order valence-corrected chi connectivity index (χ4v) is 4.71. The number of likely N-dealkylation sites (tertiary alicyclic amines) is 1. The van der Waals surface area contributed by atoms with E-state index in [1.165, 1.54) is 0 Å². The van der Waals surface area contributed by atoms with Crippen molar-refractivity contribution >= 4 is 29.2 Å². The number of nitrogens with one attached hydrogen (secondary N) is 1. The zero-order valence-corrected chi connectivity index (χ0v) is 14.6. The van der Waals surface area contributed by atoms with Crippen molar-refractivity contribution in [3.05, 3.63) is 33.8 Å². The monoisotopic (exact) mass is 364 g/mol. The average molecular weight is 365 g/mol. The van der Waals surface area contributed by atoms with Gasteiger partial charge >= 0.3 is 6.03 Å². The molecule has 126 valence electrons. The standard InChI is InChI=1S/C17H18Cl2N4O/c18-12-3-1-2-11(16(12)19)14-6-7-22(14)17(24)21-13-8-10-4-5-15(13)23(10)9-20/h1-3,10,13-15H,4-8H2,(H,21,24)/t10-,13+,14?,15+/m0/s1. The van der Waals surface area contributed by atoms with Crippen molar-refractivity contribution in [3.63, 3.8) is 0 Å². The second-order valence-electron chi connectivity index (χ2n) is 6.74. The van der Waals surface area contributed by atoms with Crippen LogP contribution in [0.25, 0.3) is 0 Å². The van der Waals surface area contributed by atoms with E-state index in [2.05, 4.69) is 11.5 Å². The zero-order chi connectivity index (χ0) is 16.8. The van der Waals surface area contributed by atoms with E-state index < -0.39 is 0 Å². The third-order valence-corrected chi connectivity index (χ3v) is 6.42. The Bertz CT molecular complexity index is 719. The number of amides is 2. The largest absolute Gasteiger partial charge is 0.333 e. The van der Waals surface area contributed by atoms with Gasteiger partial charge in [-0.2, -0.15) is 5.26 Å². The molecule has 3 saturated heterocycles. The smallest absolute Gasteiger partial charge is 0.318 e. The van der Waals surface area contributed by atoms with Crippen molar-refractivity contribution in [2.45, 2.75) is 49.9 Å². The van der Waals surface area contributed by atoms with Crippen LogP contribution in [-0.2, 0) is 0 Å². The first kappa shape index (κ1) is 15.9.